The molecule has 0 saturated carbocycles. The molecule has 0 spiro atoms. The average Bonchev–Trinajstić information content (AvgIpc) is 3.07. The van der Waals surface area contributed by atoms with Crippen molar-refractivity contribution in [3.8, 4) is 0 Å². The predicted octanol–water partition coefficient (Wildman–Crippen LogP) is 5.97. The van der Waals surface area contributed by atoms with E-state index < -0.39 is 11.9 Å². The highest BCUT2D eigenvalue weighted by Gasteiger charge is 2.40. The molecule has 2 aromatic carbocycles. The molecular formula is C20H14BrCl2N3OS. The number of carbonyl (C=O) groups excluding carboxylic acids is 1. The standard InChI is InChI=1S/C20H14BrCl2N3OS/c1-10-16(19(24)27)18(13-3-2-4-14(22)17(13)23)26-15(9-28-20(26)25-10)11-5-7-12(21)8-6-11/h2-9,18H,1H3,(H2,24,27)/t18-/m1/s1. The van der Waals surface area contributed by atoms with Crippen LogP contribution in [0.4, 0.5) is 0 Å². The van der Waals surface area contributed by atoms with Crippen LogP contribution in [0.1, 0.15) is 24.1 Å². The predicted molar refractivity (Wildman–Crippen MR) is 120 cm³/mol. The first-order valence-electron chi connectivity index (χ1n) is 8.33. The van der Waals surface area contributed by atoms with E-state index in [1.165, 1.54) is 11.8 Å². The van der Waals surface area contributed by atoms with Crippen molar-refractivity contribution >= 4 is 67.7 Å². The molecule has 0 saturated heterocycles. The smallest absolute Gasteiger partial charge is 0.248 e. The highest BCUT2D eigenvalue weighted by Crippen LogP contribution is 2.48. The normalized spacial score (nSPS) is 18.7. The molecule has 2 heterocycles. The number of carbonyl (C=O) groups is 1. The summed E-state index contributed by atoms with van der Waals surface area (Å²) >= 11 is 17.8. The van der Waals surface area contributed by atoms with Gasteiger partial charge in [0, 0.05) is 9.88 Å². The van der Waals surface area contributed by atoms with E-state index in [4.69, 9.17) is 28.9 Å². The summed E-state index contributed by atoms with van der Waals surface area (Å²) < 4.78 is 0.984. The van der Waals surface area contributed by atoms with Crippen LogP contribution in [-0.4, -0.2) is 16.0 Å². The van der Waals surface area contributed by atoms with Crippen LogP contribution in [0.25, 0.3) is 5.70 Å². The number of allylic oxidation sites excluding steroid dienone is 1. The van der Waals surface area contributed by atoms with Crippen LogP contribution in [0.3, 0.4) is 0 Å². The molecule has 1 amide bonds. The van der Waals surface area contributed by atoms with E-state index >= 15 is 0 Å². The molecule has 2 aliphatic rings. The Balaban J connectivity index is 1.91. The van der Waals surface area contributed by atoms with Crippen molar-refractivity contribution in [2.75, 3.05) is 0 Å². The first-order chi connectivity index (χ1) is 13.4. The van der Waals surface area contributed by atoms with Gasteiger partial charge in [0.15, 0.2) is 5.17 Å². The average molecular weight is 495 g/mol. The number of nitrogens with zero attached hydrogens (tertiary/aromatic N) is 2. The molecular weight excluding hydrogens is 481 g/mol. The van der Waals surface area contributed by atoms with Crippen LogP contribution >= 0.6 is 50.9 Å². The molecule has 2 aliphatic heterocycles. The highest BCUT2D eigenvalue weighted by molar-refractivity contribution is 9.10. The Bertz CT molecular complexity index is 1080. The summed E-state index contributed by atoms with van der Waals surface area (Å²) in [5.41, 5.74) is 9.36. The zero-order valence-electron chi connectivity index (χ0n) is 14.6. The number of hydrogen-bond donors (Lipinski definition) is 1. The Morgan fingerprint density at radius 1 is 1.21 bits per heavy atom. The maximum atomic E-state index is 12.4. The fourth-order valence-electron chi connectivity index (χ4n) is 3.35. The fraction of sp³-hybridized carbons (Fsp3) is 0.100. The number of fused-ring (bicyclic) bond motifs is 1. The Morgan fingerprint density at radius 3 is 2.61 bits per heavy atom. The highest BCUT2D eigenvalue weighted by atomic mass is 79.9. The lowest BCUT2D eigenvalue weighted by molar-refractivity contribution is -0.115. The van der Waals surface area contributed by atoms with Crippen LogP contribution in [-0.2, 0) is 4.79 Å². The second-order valence-corrected chi connectivity index (χ2v) is 8.84. The van der Waals surface area contributed by atoms with E-state index in [9.17, 15) is 4.79 Å². The molecule has 0 radical (unpaired) electrons. The van der Waals surface area contributed by atoms with Gasteiger partial charge in [-0.3, -0.25) is 4.79 Å². The van der Waals surface area contributed by atoms with Gasteiger partial charge in [-0.15, -0.1) is 0 Å². The molecule has 2 N–H and O–H groups in total. The second-order valence-electron chi connectivity index (χ2n) is 6.30. The molecule has 0 aliphatic carbocycles. The van der Waals surface area contributed by atoms with Crippen molar-refractivity contribution < 1.29 is 4.79 Å². The van der Waals surface area contributed by atoms with Crippen LogP contribution in [0.15, 0.2) is 68.6 Å². The number of amidine groups is 1. The number of thioether (sulfide) groups is 1. The number of primary amides is 1. The number of halogens is 3. The summed E-state index contributed by atoms with van der Waals surface area (Å²) in [6.07, 6.45) is 0. The van der Waals surface area contributed by atoms with Crippen LogP contribution in [0.2, 0.25) is 10.0 Å². The monoisotopic (exact) mass is 493 g/mol. The molecule has 1 atom stereocenters. The van der Waals surface area contributed by atoms with E-state index in [-0.39, 0.29) is 0 Å². The summed E-state index contributed by atoms with van der Waals surface area (Å²) in [5, 5.41) is 3.60. The lowest BCUT2D eigenvalue weighted by Crippen LogP contribution is -2.37. The molecule has 4 rings (SSSR count). The minimum atomic E-state index is -0.534. The van der Waals surface area contributed by atoms with Crippen molar-refractivity contribution in [1.29, 1.82) is 0 Å². The van der Waals surface area contributed by atoms with Gasteiger partial charge in [-0.05, 0) is 36.2 Å². The SMILES string of the molecule is CC1=C(C(N)=O)[C@@H](c2cccc(Cl)c2Cl)N2C(c3ccc(Br)cc3)=CSC2=N1. The number of aliphatic imine (C=N–C) groups is 1. The number of amides is 1. The van der Waals surface area contributed by atoms with Gasteiger partial charge in [0.2, 0.25) is 5.91 Å². The fourth-order valence-corrected chi connectivity index (χ4v) is 5.00. The van der Waals surface area contributed by atoms with E-state index in [1.807, 2.05) is 46.7 Å². The molecule has 8 heteroatoms. The van der Waals surface area contributed by atoms with Gasteiger partial charge >= 0.3 is 0 Å². The summed E-state index contributed by atoms with van der Waals surface area (Å²) in [5.74, 6) is -0.534. The third-order valence-electron chi connectivity index (χ3n) is 4.61. The number of benzene rings is 2. The van der Waals surface area contributed by atoms with Crippen molar-refractivity contribution in [3.63, 3.8) is 0 Å². The Labute approximate surface area is 185 Å². The van der Waals surface area contributed by atoms with Gasteiger partial charge in [-0.1, -0.05) is 75.2 Å². The summed E-state index contributed by atoms with van der Waals surface area (Å²) in [6.45, 7) is 1.79. The van der Waals surface area contributed by atoms with Crippen molar-refractivity contribution in [2.45, 2.75) is 13.0 Å². The first-order valence-corrected chi connectivity index (χ1v) is 10.8. The number of hydrogen-bond acceptors (Lipinski definition) is 4. The minimum absolute atomic E-state index is 0.397. The molecule has 2 aromatic rings. The van der Waals surface area contributed by atoms with Crippen LogP contribution in [0.5, 0.6) is 0 Å². The maximum Gasteiger partial charge on any atom is 0.248 e. The summed E-state index contributed by atoms with van der Waals surface area (Å²) in [4.78, 5) is 19.0. The zero-order chi connectivity index (χ0) is 20.0. The van der Waals surface area contributed by atoms with Crippen LogP contribution < -0.4 is 5.73 Å². The molecule has 4 nitrogen and oxygen atoms in total. The molecule has 0 fully saturated rings. The minimum Gasteiger partial charge on any atom is -0.366 e. The Hall–Kier alpha value is -1.73. The van der Waals surface area contributed by atoms with E-state index in [0.29, 0.717) is 26.9 Å². The van der Waals surface area contributed by atoms with Gasteiger partial charge in [-0.2, -0.15) is 0 Å². The van der Waals surface area contributed by atoms with E-state index in [2.05, 4.69) is 20.9 Å². The first kappa shape index (κ1) is 19.6. The zero-order valence-corrected chi connectivity index (χ0v) is 18.5. The largest absolute Gasteiger partial charge is 0.366 e. The van der Waals surface area contributed by atoms with Gasteiger partial charge in [0.1, 0.15) is 0 Å². The Morgan fingerprint density at radius 2 is 1.93 bits per heavy atom. The lowest BCUT2D eigenvalue weighted by Gasteiger charge is -2.36. The number of rotatable bonds is 3. The molecule has 142 valence electrons. The lowest BCUT2D eigenvalue weighted by atomic mass is 9.93. The maximum absolute atomic E-state index is 12.4. The van der Waals surface area contributed by atoms with Crippen molar-refractivity contribution in [3.05, 3.63) is 84.8 Å². The van der Waals surface area contributed by atoms with Gasteiger partial charge in [-0.25, -0.2) is 4.99 Å². The van der Waals surface area contributed by atoms with Gasteiger partial charge in [0.05, 0.1) is 33.1 Å². The quantitative estimate of drug-likeness (QED) is 0.571. The molecule has 0 bridgehead atoms. The number of nitrogens with two attached hydrogens (primary N) is 1. The molecule has 0 aromatic heterocycles. The molecule has 28 heavy (non-hydrogen) atoms. The van der Waals surface area contributed by atoms with Crippen molar-refractivity contribution in [1.82, 2.24) is 4.90 Å². The van der Waals surface area contributed by atoms with Crippen LogP contribution in [0, 0.1) is 0 Å². The summed E-state index contributed by atoms with van der Waals surface area (Å²) in [7, 11) is 0. The van der Waals surface area contributed by atoms with E-state index in [0.717, 1.165) is 20.9 Å². The topological polar surface area (TPSA) is 58.7 Å². The Kier molecular flexibility index (Phi) is 5.31. The van der Waals surface area contributed by atoms with E-state index in [1.54, 1.807) is 13.0 Å². The summed E-state index contributed by atoms with van der Waals surface area (Å²) in [6, 6.07) is 12.8. The molecule has 0 unspecified atom stereocenters. The van der Waals surface area contributed by atoms with Gasteiger partial charge < -0.3 is 10.6 Å². The second kappa shape index (κ2) is 7.59. The third-order valence-corrected chi connectivity index (χ3v) is 6.81. The van der Waals surface area contributed by atoms with Crippen molar-refractivity contribution in [2.24, 2.45) is 10.7 Å². The third kappa shape index (κ3) is 3.28. The van der Waals surface area contributed by atoms with Gasteiger partial charge in [0.25, 0.3) is 0 Å².